The van der Waals surface area contributed by atoms with Crippen LogP contribution in [0.2, 0.25) is 0 Å². The van der Waals surface area contributed by atoms with Gasteiger partial charge in [-0.15, -0.1) is 0 Å². The Morgan fingerprint density at radius 2 is 1.90 bits per heavy atom. The third kappa shape index (κ3) is 10.5. The maximum Gasteiger partial charge on any atom is 0.314 e. The van der Waals surface area contributed by atoms with E-state index in [4.69, 9.17) is 5.11 Å². The smallest absolute Gasteiger partial charge is 0.314 e. The number of nitrogens with one attached hydrogen (secondary N) is 2. The molecule has 6 nitrogen and oxygen atoms in total. The van der Waals surface area contributed by atoms with E-state index in [0.717, 1.165) is 0 Å². The van der Waals surface area contributed by atoms with Crippen molar-refractivity contribution >= 4 is 12.0 Å². The second-order valence-electron chi connectivity index (χ2n) is 4.77. The molecule has 0 aliphatic carbocycles. The molecule has 0 aromatic rings. The van der Waals surface area contributed by atoms with Crippen molar-refractivity contribution in [3.05, 3.63) is 0 Å². The topological polar surface area (TPSA) is 87.7 Å². The number of ether oxygens (including phenoxy) is 1. The first-order valence-electron chi connectivity index (χ1n) is 6.43. The molecule has 0 aromatic carbocycles. The first-order valence-corrected chi connectivity index (χ1v) is 6.43. The van der Waals surface area contributed by atoms with E-state index >= 15 is 0 Å². The van der Waals surface area contributed by atoms with Gasteiger partial charge in [-0.25, -0.2) is 13.6 Å². The molecule has 0 aliphatic rings. The number of hydrogen-bond donors (Lipinski definition) is 3. The molecular weight excluding hydrogens is 274 g/mol. The van der Waals surface area contributed by atoms with Crippen LogP contribution < -0.4 is 10.6 Å². The molecule has 1 atom stereocenters. The number of carbonyl (C=O) groups is 2. The molecule has 0 rings (SSSR count). The highest BCUT2D eigenvalue weighted by Gasteiger charge is 2.19. The summed E-state index contributed by atoms with van der Waals surface area (Å²) in [6.45, 7) is 3.22. The molecular formula is C12H22F2N2O4. The Bertz CT molecular complexity index is 301. The number of carbonyl (C=O) groups excluding carboxylic acids is 1. The summed E-state index contributed by atoms with van der Waals surface area (Å²) in [6, 6.07) is -0.541. The lowest BCUT2D eigenvalue weighted by Crippen LogP contribution is -2.41. The minimum atomic E-state index is -2.53. The number of alkyl halides is 2. The van der Waals surface area contributed by atoms with E-state index in [-0.39, 0.29) is 25.6 Å². The van der Waals surface area contributed by atoms with E-state index in [1.54, 1.807) is 0 Å². The van der Waals surface area contributed by atoms with Crippen LogP contribution >= 0.6 is 0 Å². The van der Waals surface area contributed by atoms with Crippen molar-refractivity contribution in [2.75, 3.05) is 26.3 Å². The van der Waals surface area contributed by atoms with Crippen molar-refractivity contribution in [3.8, 4) is 0 Å². The summed E-state index contributed by atoms with van der Waals surface area (Å²) < 4.78 is 28.0. The zero-order valence-corrected chi connectivity index (χ0v) is 11.7. The van der Waals surface area contributed by atoms with Crippen molar-refractivity contribution in [1.82, 2.24) is 10.6 Å². The number of aliphatic carboxylic acids is 1. The van der Waals surface area contributed by atoms with Crippen molar-refractivity contribution in [2.24, 2.45) is 11.8 Å². The normalized spacial score (nSPS) is 12.5. The van der Waals surface area contributed by atoms with Gasteiger partial charge in [0.15, 0.2) is 0 Å². The lowest BCUT2D eigenvalue weighted by atomic mass is 9.97. The number of rotatable bonds is 10. The minimum Gasteiger partial charge on any atom is -0.481 e. The van der Waals surface area contributed by atoms with Crippen LogP contribution in [0.3, 0.4) is 0 Å². The highest BCUT2D eigenvalue weighted by atomic mass is 19.3. The van der Waals surface area contributed by atoms with Gasteiger partial charge in [0.1, 0.15) is 6.61 Å². The summed E-state index contributed by atoms with van der Waals surface area (Å²) in [6.07, 6.45) is -2.07. The Morgan fingerprint density at radius 1 is 1.25 bits per heavy atom. The van der Waals surface area contributed by atoms with Crippen molar-refractivity contribution in [1.29, 1.82) is 0 Å². The van der Waals surface area contributed by atoms with Crippen LogP contribution in [0, 0.1) is 11.8 Å². The lowest BCUT2D eigenvalue weighted by Gasteiger charge is -2.15. The molecule has 2 amide bonds. The summed E-state index contributed by atoms with van der Waals surface area (Å²) in [7, 11) is 0. The number of hydrogen-bond acceptors (Lipinski definition) is 3. The van der Waals surface area contributed by atoms with Gasteiger partial charge in [-0.1, -0.05) is 13.8 Å². The molecule has 118 valence electrons. The fourth-order valence-corrected chi connectivity index (χ4v) is 1.53. The van der Waals surface area contributed by atoms with Gasteiger partial charge in [0.05, 0.1) is 12.5 Å². The molecule has 8 heteroatoms. The molecule has 20 heavy (non-hydrogen) atoms. The Kier molecular flexibility index (Phi) is 9.61. The van der Waals surface area contributed by atoms with E-state index in [2.05, 4.69) is 15.4 Å². The predicted octanol–water partition coefficient (Wildman–Crippen LogP) is 1.31. The molecule has 0 saturated heterocycles. The van der Waals surface area contributed by atoms with Gasteiger partial charge >= 0.3 is 12.0 Å². The molecule has 0 aliphatic heterocycles. The van der Waals surface area contributed by atoms with Crippen LogP contribution in [0.25, 0.3) is 0 Å². The summed E-state index contributed by atoms with van der Waals surface area (Å²) >= 11 is 0. The summed E-state index contributed by atoms with van der Waals surface area (Å²) in [5.74, 6) is -1.39. The Morgan fingerprint density at radius 3 is 2.40 bits per heavy atom. The molecule has 0 fully saturated rings. The van der Waals surface area contributed by atoms with Crippen LogP contribution in [0.1, 0.15) is 20.3 Å². The van der Waals surface area contributed by atoms with E-state index in [0.29, 0.717) is 6.42 Å². The largest absolute Gasteiger partial charge is 0.481 e. The average Bonchev–Trinajstić information content (AvgIpc) is 2.32. The SMILES string of the molecule is CC(C)CC(CNC(=O)NCCOCC(F)F)C(=O)O. The minimum absolute atomic E-state index is 0.0217. The molecule has 3 N–H and O–H groups in total. The molecule has 0 radical (unpaired) electrons. The van der Waals surface area contributed by atoms with E-state index in [9.17, 15) is 18.4 Å². The average molecular weight is 296 g/mol. The van der Waals surface area contributed by atoms with Gasteiger partial charge in [0, 0.05) is 13.1 Å². The van der Waals surface area contributed by atoms with Crippen LogP contribution in [-0.4, -0.2) is 49.8 Å². The quantitative estimate of drug-likeness (QED) is 0.530. The van der Waals surface area contributed by atoms with E-state index in [1.807, 2.05) is 13.8 Å². The van der Waals surface area contributed by atoms with Crippen LogP contribution in [0.4, 0.5) is 13.6 Å². The molecule has 0 spiro atoms. The van der Waals surface area contributed by atoms with Gasteiger partial charge in [0.2, 0.25) is 0 Å². The van der Waals surface area contributed by atoms with Gasteiger partial charge in [-0.3, -0.25) is 4.79 Å². The second kappa shape index (κ2) is 10.4. The highest BCUT2D eigenvalue weighted by Crippen LogP contribution is 2.10. The maximum atomic E-state index is 11.7. The zero-order chi connectivity index (χ0) is 15.5. The molecule has 0 bridgehead atoms. The lowest BCUT2D eigenvalue weighted by molar-refractivity contribution is -0.142. The van der Waals surface area contributed by atoms with Gasteiger partial charge < -0.3 is 20.5 Å². The Balaban J connectivity index is 3.76. The van der Waals surface area contributed by atoms with Crippen LogP contribution in [0.15, 0.2) is 0 Å². The summed E-state index contributed by atoms with van der Waals surface area (Å²) in [5, 5.41) is 13.8. The fraction of sp³-hybridized carbons (Fsp3) is 0.833. The third-order valence-electron chi connectivity index (χ3n) is 2.39. The number of carboxylic acid groups (broad SMARTS) is 1. The highest BCUT2D eigenvalue weighted by molar-refractivity contribution is 5.75. The number of amides is 2. The fourth-order valence-electron chi connectivity index (χ4n) is 1.53. The monoisotopic (exact) mass is 296 g/mol. The maximum absolute atomic E-state index is 11.7. The van der Waals surface area contributed by atoms with E-state index < -0.39 is 31.0 Å². The molecule has 0 aromatic heterocycles. The second-order valence-corrected chi connectivity index (χ2v) is 4.77. The number of halogens is 2. The van der Waals surface area contributed by atoms with Crippen LogP contribution in [0.5, 0.6) is 0 Å². The standard InChI is InChI=1S/C12H22F2N2O4/c1-8(2)5-9(11(17)18)6-16-12(19)15-3-4-20-7-10(13)14/h8-10H,3-7H2,1-2H3,(H,17,18)(H2,15,16,19). The van der Waals surface area contributed by atoms with E-state index in [1.165, 1.54) is 0 Å². The van der Waals surface area contributed by atoms with Crippen molar-refractivity contribution < 1.29 is 28.2 Å². The Labute approximate surface area is 116 Å². The molecule has 0 saturated carbocycles. The van der Waals surface area contributed by atoms with Crippen molar-refractivity contribution in [2.45, 2.75) is 26.7 Å². The summed E-state index contributed by atoms with van der Waals surface area (Å²) in [4.78, 5) is 22.3. The van der Waals surface area contributed by atoms with Gasteiger partial charge in [0.25, 0.3) is 6.43 Å². The van der Waals surface area contributed by atoms with Crippen LogP contribution in [-0.2, 0) is 9.53 Å². The number of carboxylic acids is 1. The molecule has 0 heterocycles. The Hall–Kier alpha value is -1.44. The molecule has 1 unspecified atom stereocenters. The number of urea groups is 1. The first kappa shape index (κ1) is 18.6. The van der Waals surface area contributed by atoms with Gasteiger partial charge in [-0.2, -0.15) is 0 Å². The van der Waals surface area contributed by atoms with Gasteiger partial charge in [-0.05, 0) is 12.3 Å². The predicted molar refractivity (Wildman–Crippen MR) is 68.8 cm³/mol. The zero-order valence-electron chi connectivity index (χ0n) is 11.7. The third-order valence-corrected chi connectivity index (χ3v) is 2.39. The summed E-state index contributed by atoms with van der Waals surface area (Å²) in [5.41, 5.74) is 0. The first-order chi connectivity index (χ1) is 9.32. The van der Waals surface area contributed by atoms with Crippen molar-refractivity contribution in [3.63, 3.8) is 0 Å².